The van der Waals surface area contributed by atoms with Crippen LogP contribution in [0.15, 0.2) is 78.9 Å². The molecule has 0 aromatic heterocycles. The van der Waals surface area contributed by atoms with Crippen LogP contribution in [0.2, 0.25) is 0 Å². The number of rotatable bonds is 10. The predicted octanol–water partition coefficient (Wildman–Crippen LogP) is 0.766. The second-order valence-electron chi connectivity index (χ2n) is 9.80. The molecule has 0 bridgehead atoms. The van der Waals surface area contributed by atoms with E-state index in [2.05, 4.69) is 21.4 Å². The van der Waals surface area contributed by atoms with Crippen molar-refractivity contribution in [1.82, 2.24) is 15.8 Å². The minimum atomic E-state index is -1.31. The Bertz CT molecular complexity index is 1320. The minimum Gasteiger partial charge on any atom is -0.550 e. The topological polar surface area (TPSA) is 143 Å². The number of benzene rings is 3. The third-order valence-corrected chi connectivity index (χ3v) is 5.89. The second-order valence-corrected chi connectivity index (χ2v) is 9.80. The van der Waals surface area contributed by atoms with Gasteiger partial charge in [0.25, 0.3) is 0 Å². The molecule has 10 nitrogen and oxygen atoms in total. The molecule has 0 saturated heterocycles. The Hall–Kier alpha value is -4.26. The summed E-state index contributed by atoms with van der Waals surface area (Å²) in [6, 6.07) is 21.1. The Kier molecular flexibility index (Phi) is 12.9. The molecule has 5 amide bonds. The average molecular weight is 552 g/mol. The molecule has 0 spiro atoms. The van der Waals surface area contributed by atoms with E-state index in [9.17, 15) is 24.3 Å². The first-order chi connectivity index (χ1) is 19.1. The fourth-order valence-electron chi connectivity index (χ4n) is 3.95. The number of nitrogens with one attached hydrogen (secondary N) is 4. The number of carboxylic acids is 1. The maximum Gasteiger partial charge on any atom is 1.00 e. The molecule has 3 rings (SSSR count). The van der Waals surface area contributed by atoms with E-state index in [0.717, 1.165) is 10.6 Å². The number of hydrazine groups is 1. The fraction of sp³-hybridized carbons (Fsp3) is 0.267. The second kappa shape index (κ2) is 16.1. The maximum atomic E-state index is 13.1. The van der Waals surface area contributed by atoms with Crippen molar-refractivity contribution >= 4 is 35.3 Å². The van der Waals surface area contributed by atoms with Gasteiger partial charge in [-0.25, -0.2) is 14.6 Å². The average Bonchev–Trinajstić information content (AvgIpc) is 2.90. The SMILES string of the molecule is Cc1ccccc1NC(=O)Nc1ccc(CC(=O)NN(CC(C)C)C(=O)NC(CC(=O)[O-])c2ccccc2)cc1.[Li+]. The molecule has 1 unspecified atom stereocenters. The molecule has 3 aromatic rings. The number of hydrogen-bond donors (Lipinski definition) is 4. The molecule has 0 fully saturated rings. The van der Waals surface area contributed by atoms with E-state index in [4.69, 9.17) is 0 Å². The van der Waals surface area contributed by atoms with Crippen LogP contribution in [0, 0.1) is 12.8 Å². The molecule has 0 saturated carbocycles. The van der Waals surface area contributed by atoms with E-state index in [1.807, 2.05) is 45.0 Å². The van der Waals surface area contributed by atoms with Gasteiger partial charge in [0.15, 0.2) is 0 Å². The molecule has 0 heterocycles. The molecule has 0 radical (unpaired) electrons. The van der Waals surface area contributed by atoms with E-state index >= 15 is 0 Å². The summed E-state index contributed by atoms with van der Waals surface area (Å²) in [6.45, 7) is 5.90. The molecule has 41 heavy (non-hydrogen) atoms. The molecular formula is C30H34LiN5O5. The van der Waals surface area contributed by atoms with E-state index in [-0.39, 0.29) is 43.8 Å². The zero-order valence-corrected chi connectivity index (χ0v) is 23.8. The number of carboxylic acid groups (broad SMARTS) is 1. The van der Waals surface area contributed by atoms with Crippen molar-refractivity contribution in [3.8, 4) is 0 Å². The minimum absolute atomic E-state index is 0. The van der Waals surface area contributed by atoms with Crippen LogP contribution in [0.1, 0.15) is 43.0 Å². The van der Waals surface area contributed by atoms with Gasteiger partial charge in [-0.3, -0.25) is 10.2 Å². The summed E-state index contributed by atoms with van der Waals surface area (Å²) >= 11 is 0. The van der Waals surface area contributed by atoms with Crippen molar-refractivity contribution in [3.05, 3.63) is 95.6 Å². The number of nitrogens with zero attached hydrogens (tertiary/aromatic N) is 1. The van der Waals surface area contributed by atoms with Gasteiger partial charge in [0.1, 0.15) is 0 Å². The summed E-state index contributed by atoms with van der Waals surface area (Å²) in [4.78, 5) is 49.5. The van der Waals surface area contributed by atoms with Gasteiger partial charge in [0, 0.05) is 30.3 Å². The molecular weight excluding hydrogens is 517 g/mol. The van der Waals surface area contributed by atoms with Crippen molar-refractivity contribution < 1.29 is 43.1 Å². The van der Waals surface area contributed by atoms with Gasteiger partial charge >= 0.3 is 30.9 Å². The number of amides is 5. The van der Waals surface area contributed by atoms with Crippen LogP contribution in [-0.2, 0) is 16.0 Å². The molecule has 1 atom stereocenters. The van der Waals surface area contributed by atoms with Crippen LogP contribution >= 0.6 is 0 Å². The number of hydrogen-bond acceptors (Lipinski definition) is 5. The molecule has 4 N–H and O–H groups in total. The fourth-order valence-corrected chi connectivity index (χ4v) is 3.95. The van der Waals surface area contributed by atoms with Gasteiger partial charge in [-0.15, -0.1) is 0 Å². The standard InChI is InChI=1S/C30H35N5O5.Li/c1-20(2)19-35(30(40)33-26(18-28(37)38)23-10-5-4-6-11-23)34-27(36)17-22-13-15-24(16-14-22)31-29(39)32-25-12-8-7-9-21(25)3;/h4-16,20,26H,17-19H2,1-3H3,(H,33,40)(H,34,36)(H,37,38)(H2,31,32,39);/q;+1/p-1. The number of carbonyl (C=O) groups excluding carboxylic acids is 4. The van der Waals surface area contributed by atoms with Crippen molar-refractivity contribution in [2.75, 3.05) is 17.2 Å². The van der Waals surface area contributed by atoms with Crippen LogP contribution in [0.3, 0.4) is 0 Å². The Labute approximate surface area is 252 Å². The molecule has 0 aliphatic carbocycles. The van der Waals surface area contributed by atoms with Crippen LogP contribution in [0.5, 0.6) is 0 Å². The predicted molar refractivity (Wildman–Crippen MR) is 151 cm³/mol. The summed E-state index contributed by atoms with van der Waals surface area (Å²) in [5.74, 6) is -1.71. The zero-order valence-electron chi connectivity index (χ0n) is 23.8. The summed E-state index contributed by atoms with van der Waals surface area (Å²) in [5.41, 5.74) is 6.10. The van der Waals surface area contributed by atoms with Crippen molar-refractivity contribution in [2.45, 2.75) is 39.7 Å². The molecule has 3 aromatic carbocycles. The molecule has 0 aliphatic heterocycles. The van der Waals surface area contributed by atoms with Crippen LogP contribution in [-0.4, -0.2) is 35.5 Å². The number of urea groups is 2. The monoisotopic (exact) mass is 551 g/mol. The molecule has 0 aliphatic rings. The third kappa shape index (κ3) is 11.0. The zero-order chi connectivity index (χ0) is 29.1. The smallest absolute Gasteiger partial charge is 0.550 e. The van der Waals surface area contributed by atoms with Crippen LogP contribution in [0.4, 0.5) is 21.0 Å². The van der Waals surface area contributed by atoms with Gasteiger partial charge in [0.2, 0.25) is 5.91 Å². The number of anilines is 2. The van der Waals surface area contributed by atoms with E-state index in [1.165, 1.54) is 0 Å². The summed E-state index contributed by atoms with van der Waals surface area (Å²) < 4.78 is 0. The van der Waals surface area contributed by atoms with Gasteiger partial charge in [0.05, 0.1) is 12.5 Å². The van der Waals surface area contributed by atoms with E-state index in [0.29, 0.717) is 22.5 Å². The summed E-state index contributed by atoms with van der Waals surface area (Å²) in [5, 5.41) is 20.7. The van der Waals surface area contributed by atoms with Crippen molar-refractivity contribution in [2.24, 2.45) is 5.92 Å². The normalized spacial score (nSPS) is 11.0. The van der Waals surface area contributed by atoms with Crippen molar-refractivity contribution in [1.29, 1.82) is 0 Å². The largest absolute Gasteiger partial charge is 1.00 e. The Morgan fingerprint density at radius 2 is 1.49 bits per heavy atom. The quantitative estimate of drug-likeness (QED) is 0.218. The van der Waals surface area contributed by atoms with Gasteiger partial charge in [-0.1, -0.05) is 74.5 Å². The first kappa shape index (κ1) is 32.9. The summed E-state index contributed by atoms with van der Waals surface area (Å²) in [7, 11) is 0. The first-order valence-electron chi connectivity index (χ1n) is 13.0. The maximum absolute atomic E-state index is 13.1. The van der Waals surface area contributed by atoms with Crippen LogP contribution in [0.25, 0.3) is 0 Å². The Balaban J connectivity index is 0.00000588. The number of aliphatic carboxylic acids is 1. The Morgan fingerprint density at radius 1 is 0.854 bits per heavy atom. The number of para-hydroxylation sites is 1. The van der Waals surface area contributed by atoms with Gasteiger partial charge in [-0.2, -0.15) is 0 Å². The summed E-state index contributed by atoms with van der Waals surface area (Å²) in [6.07, 6.45) is -0.429. The Morgan fingerprint density at radius 3 is 2.10 bits per heavy atom. The molecule has 210 valence electrons. The van der Waals surface area contributed by atoms with Crippen LogP contribution < -0.4 is 45.3 Å². The number of carbonyl (C=O) groups is 4. The van der Waals surface area contributed by atoms with Gasteiger partial charge in [-0.05, 0) is 47.7 Å². The van der Waals surface area contributed by atoms with Gasteiger partial charge < -0.3 is 25.9 Å². The molecule has 11 heteroatoms. The van der Waals surface area contributed by atoms with Crippen molar-refractivity contribution in [3.63, 3.8) is 0 Å². The van der Waals surface area contributed by atoms with E-state index < -0.39 is 30.4 Å². The first-order valence-corrected chi connectivity index (χ1v) is 13.0. The number of aryl methyl sites for hydroxylation is 1. The third-order valence-electron chi connectivity index (χ3n) is 5.89. The van der Waals surface area contributed by atoms with E-state index in [1.54, 1.807) is 54.6 Å².